The lowest BCUT2D eigenvalue weighted by Gasteiger charge is -2.31. The molecule has 11 nitrogen and oxygen atoms in total. The summed E-state index contributed by atoms with van der Waals surface area (Å²) in [6.07, 6.45) is 2.70. The molecule has 1 aromatic heterocycles. The molecule has 0 saturated carbocycles. The number of rotatable bonds is 13. The number of benzene rings is 2. The molecule has 45 heavy (non-hydrogen) atoms. The van der Waals surface area contributed by atoms with Crippen LogP contribution < -0.4 is 10.6 Å². The van der Waals surface area contributed by atoms with Crippen LogP contribution in [0.5, 0.6) is 0 Å². The van der Waals surface area contributed by atoms with E-state index in [0.29, 0.717) is 42.7 Å². The minimum atomic E-state index is -0.907. The lowest BCUT2D eigenvalue weighted by atomic mass is 9.98. The van der Waals surface area contributed by atoms with Gasteiger partial charge in [0.15, 0.2) is 5.58 Å². The SMILES string of the molecule is CCCCOC(=O)c1ccc(C(=O)N[C@H](C(=O)N2CCC[C@H]2C(=O)N[C@H](C(=O)c2nc3ccccc3o2)C(C)C)C(C)C)cc1. The van der Waals surface area contributed by atoms with Crippen molar-refractivity contribution in [3.8, 4) is 0 Å². The van der Waals surface area contributed by atoms with Gasteiger partial charge in [0.25, 0.3) is 11.8 Å². The fourth-order valence-electron chi connectivity index (χ4n) is 5.27. The van der Waals surface area contributed by atoms with Crippen LogP contribution >= 0.6 is 0 Å². The van der Waals surface area contributed by atoms with Gasteiger partial charge in [-0.1, -0.05) is 53.2 Å². The fourth-order valence-corrected chi connectivity index (χ4v) is 5.27. The van der Waals surface area contributed by atoms with Crippen LogP contribution in [-0.4, -0.2) is 70.6 Å². The molecule has 0 aliphatic carbocycles. The van der Waals surface area contributed by atoms with E-state index in [1.807, 2.05) is 34.6 Å². The van der Waals surface area contributed by atoms with Crippen molar-refractivity contribution < 1.29 is 33.1 Å². The minimum Gasteiger partial charge on any atom is -0.462 e. The first-order valence-corrected chi connectivity index (χ1v) is 15.6. The van der Waals surface area contributed by atoms with Crippen LogP contribution in [0.4, 0.5) is 0 Å². The van der Waals surface area contributed by atoms with Crippen molar-refractivity contribution in [1.82, 2.24) is 20.5 Å². The number of aromatic nitrogens is 1. The molecule has 0 radical (unpaired) electrons. The standard InChI is InChI=1S/C34H42N4O7/c1-6-7-19-44-34(43)23-16-14-22(15-17-23)30(40)37-28(21(4)5)33(42)38-18-10-12-25(38)31(41)36-27(20(2)3)29(39)32-35-24-11-8-9-13-26(24)45-32/h8-9,11,13-17,20-21,25,27-28H,6-7,10,12,18-19H2,1-5H3,(H,36,41)(H,37,40)/t25-,27-,28-/m0/s1. The Balaban J connectivity index is 1.42. The second-order valence-corrected chi connectivity index (χ2v) is 12.0. The van der Waals surface area contributed by atoms with Crippen LogP contribution in [0.25, 0.3) is 11.1 Å². The number of esters is 1. The monoisotopic (exact) mass is 618 g/mol. The summed E-state index contributed by atoms with van der Waals surface area (Å²) in [4.78, 5) is 71.8. The molecule has 1 fully saturated rings. The zero-order valence-electron chi connectivity index (χ0n) is 26.5. The summed E-state index contributed by atoms with van der Waals surface area (Å²) >= 11 is 0. The molecule has 2 aromatic carbocycles. The molecule has 2 N–H and O–H groups in total. The number of carbonyl (C=O) groups excluding carboxylic acids is 5. The molecular formula is C34H42N4O7. The number of likely N-dealkylation sites (tertiary alicyclic amines) is 1. The summed E-state index contributed by atoms with van der Waals surface area (Å²) in [7, 11) is 0. The number of ether oxygens (including phenoxy) is 1. The van der Waals surface area contributed by atoms with E-state index in [-0.39, 0.29) is 29.2 Å². The normalized spacial score (nSPS) is 16.1. The predicted octanol–water partition coefficient (Wildman–Crippen LogP) is 4.55. The highest BCUT2D eigenvalue weighted by molar-refractivity contribution is 6.02. The molecule has 3 atom stereocenters. The second-order valence-electron chi connectivity index (χ2n) is 12.0. The summed E-state index contributed by atoms with van der Waals surface area (Å²) < 4.78 is 10.9. The molecule has 0 bridgehead atoms. The number of nitrogens with one attached hydrogen (secondary N) is 2. The van der Waals surface area contributed by atoms with Crippen LogP contribution in [0.2, 0.25) is 0 Å². The number of unbranched alkanes of at least 4 members (excludes halogenated alkanes) is 1. The van der Waals surface area contributed by atoms with E-state index in [1.165, 1.54) is 29.2 Å². The van der Waals surface area contributed by atoms with E-state index in [1.54, 1.807) is 24.3 Å². The Morgan fingerprint density at radius 1 is 0.933 bits per heavy atom. The van der Waals surface area contributed by atoms with Crippen molar-refractivity contribution in [3.63, 3.8) is 0 Å². The number of hydrogen-bond acceptors (Lipinski definition) is 8. The van der Waals surface area contributed by atoms with Gasteiger partial charge >= 0.3 is 5.97 Å². The maximum absolute atomic E-state index is 13.8. The van der Waals surface area contributed by atoms with Gasteiger partial charge in [-0.3, -0.25) is 19.2 Å². The van der Waals surface area contributed by atoms with Crippen LogP contribution in [0, 0.1) is 11.8 Å². The van der Waals surface area contributed by atoms with Gasteiger partial charge in [-0.05, 0) is 67.5 Å². The topological polar surface area (TPSA) is 148 Å². The van der Waals surface area contributed by atoms with Crippen LogP contribution in [0.1, 0.15) is 91.7 Å². The molecule has 0 unspecified atom stereocenters. The zero-order valence-corrected chi connectivity index (χ0v) is 26.5. The average molecular weight is 619 g/mol. The maximum Gasteiger partial charge on any atom is 0.338 e. The number of ketones is 1. The first-order valence-electron chi connectivity index (χ1n) is 15.6. The number of para-hydroxylation sites is 2. The largest absolute Gasteiger partial charge is 0.462 e. The van der Waals surface area contributed by atoms with Crippen molar-refractivity contribution >= 4 is 40.6 Å². The number of oxazole rings is 1. The van der Waals surface area contributed by atoms with Crippen molar-refractivity contribution in [3.05, 3.63) is 65.5 Å². The molecule has 11 heteroatoms. The molecule has 0 spiro atoms. The lowest BCUT2D eigenvalue weighted by molar-refractivity contribution is -0.140. The number of nitrogens with zero attached hydrogens (tertiary/aromatic N) is 2. The lowest BCUT2D eigenvalue weighted by Crippen LogP contribution is -2.57. The molecule has 4 rings (SSSR count). The Morgan fingerprint density at radius 2 is 1.60 bits per heavy atom. The third kappa shape index (κ3) is 7.95. The number of amides is 3. The van der Waals surface area contributed by atoms with Crippen LogP contribution in [0.3, 0.4) is 0 Å². The number of carbonyl (C=O) groups is 5. The highest BCUT2D eigenvalue weighted by Crippen LogP contribution is 2.23. The van der Waals surface area contributed by atoms with E-state index in [0.717, 1.165) is 12.8 Å². The highest BCUT2D eigenvalue weighted by Gasteiger charge is 2.40. The molecule has 2 heterocycles. The Bertz CT molecular complexity index is 1500. The van der Waals surface area contributed by atoms with Crippen molar-refractivity contribution in [2.45, 2.75) is 78.4 Å². The predicted molar refractivity (Wildman–Crippen MR) is 168 cm³/mol. The van der Waals surface area contributed by atoms with Gasteiger partial charge in [-0.15, -0.1) is 0 Å². The zero-order chi connectivity index (χ0) is 32.7. The summed E-state index contributed by atoms with van der Waals surface area (Å²) in [5, 5.41) is 5.66. The summed E-state index contributed by atoms with van der Waals surface area (Å²) in [5.41, 5.74) is 1.64. The highest BCUT2D eigenvalue weighted by atomic mass is 16.5. The van der Waals surface area contributed by atoms with Crippen molar-refractivity contribution in [2.24, 2.45) is 11.8 Å². The van der Waals surface area contributed by atoms with E-state index < -0.39 is 41.7 Å². The Labute approximate surface area is 263 Å². The molecule has 1 aliphatic heterocycles. The number of Topliss-reactive ketones (excluding diaryl/α,β-unsaturated/α-hetero) is 1. The molecule has 3 amide bonds. The Morgan fingerprint density at radius 3 is 2.24 bits per heavy atom. The smallest absolute Gasteiger partial charge is 0.338 e. The molecule has 1 saturated heterocycles. The molecule has 3 aromatic rings. The third-order valence-electron chi connectivity index (χ3n) is 7.92. The molecule has 240 valence electrons. The third-order valence-corrected chi connectivity index (χ3v) is 7.92. The van der Waals surface area contributed by atoms with E-state index in [4.69, 9.17) is 9.15 Å². The quantitative estimate of drug-likeness (QED) is 0.161. The van der Waals surface area contributed by atoms with E-state index >= 15 is 0 Å². The summed E-state index contributed by atoms with van der Waals surface area (Å²) in [6.45, 7) is 9.94. The van der Waals surface area contributed by atoms with Gasteiger partial charge in [0.1, 0.15) is 17.6 Å². The van der Waals surface area contributed by atoms with Crippen molar-refractivity contribution in [1.29, 1.82) is 0 Å². The van der Waals surface area contributed by atoms with E-state index in [9.17, 15) is 24.0 Å². The Hall–Kier alpha value is -4.54. The van der Waals surface area contributed by atoms with Crippen LogP contribution in [0.15, 0.2) is 52.9 Å². The molecular weight excluding hydrogens is 576 g/mol. The van der Waals surface area contributed by atoms with Gasteiger partial charge in [0.2, 0.25) is 17.6 Å². The maximum atomic E-state index is 13.8. The van der Waals surface area contributed by atoms with Crippen LogP contribution in [-0.2, 0) is 14.3 Å². The second kappa shape index (κ2) is 15.0. The first-order chi connectivity index (χ1) is 21.5. The fraction of sp³-hybridized carbons (Fsp3) is 0.471. The number of hydrogen-bond donors (Lipinski definition) is 2. The van der Waals surface area contributed by atoms with Gasteiger partial charge in [0, 0.05) is 12.1 Å². The van der Waals surface area contributed by atoms with Gasteiger partial charge in [0.05, 0.1) is 18.2 Å². The van der Waals surface area contributed by atoms with Crippen molar-refractivity contribution in [2.75, 3.05) is 13.2 Å². The summed E-state index contributed by atoms with van der Waals surface area (Å²) in [6, 6.07) is 10.5. The van der Waals surface area contributed by atoms with Gasteiger partial charge < -0.3 is 24.7 Å². The Kier molecular flexibility index (Phi) is 11.1. The minimum absolute atomic E-state index is 0.0847. The summed E-state index contributed by atoms with van der Waals surface area (Å²) in [5.74, 6) is -2.83. The van der Waals surface area contributed by atoms with Gasteiger partial charge in [-0.25, -0.2) is 9.78 Å². The first kappa shape index (κ1) is 33.4. The van der Waals surface area contributed by atoms with Gasteiger partial charge in [-0.2, -0.15) is 0 Å². The number of fused-ring (bicyclic) bond motifs is 1. The molecule has 1 aliphatic rings. The van der Waals surface area contributed by atoms with E-state index in [2.05, 4.69) is 15.6 Å². The average Bonchev–Trinajstić information content (AvgIpc) is 3.69.